The summed E-state index contributed by atoms with van der Waals surface area (Å²) in [5, 5.41) is 5.37. The van der Waals surface area contributed by atoms with Crippen LogP contribution in [0.4, 0.5) is 0 Å². The monoisotopic (exact) mass is 547 g/mol. The van der Waals surface area contributed by atoms with E-state index in [0.717, 1.165) is 72.5 Å². The van der Waals surface area contributed by atoms with Gasteiger partial charge in [0.2, 0.25) is 5.91 Å². The Labute approximate surface area is 234 Å². The number of aromatic nitrogens is 1. The molecule has 1 saturated carbocycles. The van der Waals surface area contributed by atoms with Crippen LogP contribution in [0.1, 0.15) is 62.0 Å². The normalized spacial score (nSPS) is 18.8. The van der Waals surface area contributed by atoms with Gasteiger partial charge in [-0.05, 0) is 81.2 Å². The van der Waals surface area contributed by atoms with Gasteiger partial charge in [0, 0.05) is 42.0 Å². The molecule has 0 bridgehead atoms. The Hall–Kier alpha value is -3.26. The molecule has 206 valence electrons. The highest BCUT2D eigenvalue weighted by molar-refractivity contribution is 7.13. The summed E-state index contributed by atoms with van der Waals surface area (Å²) in [6.45, 7) is 6.04. The number of aryl methyl sites for hydroxylation is 1. The van der Waals surface area contributed by atoms with Gasteiger partial charge in [-0.2, -0.15) is 0 Å². The van der Waals surface area contributed by atoms with Gasteiger partial charge in [-0.3, -0.25) is 9.59 Å². The fraction of sp³-hybridized carbons (Fsp3) is 0.484. The van der Waals surface area contributed by atoms with E-state index < -0.39 is 0 Å². The van der Waals surface area contributed by atoms with E-state index in [4.69, 9.17) is 9.47 Å². The number of nitrogens with zero attached hydrogens (tertiary/aromatic N) is 2. The molecule has 39 heavy (non-hydrogen) atoms. The van der Waals surface area contributed by atoms with E-state index in [-0.39, 0.29) is 29.9 Å². The summed E-state index contributed by atoms with van der Waals surface area (Å²) in [6.07, 6.45) is 5.61. The van der Waals surface area contributed by atoms with E-state index in [1.54, 1.807) is 18.4 Å². The molecular weight excluding hydrogens is 510 g/mol. The van der Waals surface area contributed by atoms with Crippen molar-refractivity contribution in [3.8, 4) is 33.2 Å². The molecule has 8 heteroatoms. The van der Waals surface area contributed by atoms with Crippen molar-refractivity contribution in [2.24, 2.45) is 5.92 Å². The van der Waals surface area contributed by atoms with Crippen molar-refractivity contribution in [2.75, 3.05) is 20.2 Å². The molecule has 2 fully saturated rings. The van der Waals surface area contributed by atoms with E-state index >= 15 is 0 Å². The maximum atomic E-state index is 14.1. The summed E-state index contributed by atoms with van der Waals surface area (Å²) in [4.78, 5) is 30.1. The molecular formula is C31H37N3O4S. The van der Waals surface area contributed by atoms with E-state index in [0.29, 0.717) is 24.5 Å². The van der Waals surface area contributed by atoms with Crippen LogP contribution in [0.2, 0.25) is 0 Å². The molecule has 2 aliphatic heterocycles. The molecule has 2 aromatic heterocycles. The number of likely N-dealkylation sites (tertiary alicyclic amines) is 1. The number of hydrogen-bond acceptors (Lipinski definition) is 5. The van der Waals surface area contributed by atoms with Crippen LogP contribution in [0.25, 0.3) is 21.7 Å². The molecule has 7 nitrogen and oxygen atoms in total. The quantitative estimate of drug-likeness (QED) is 0.409. The lowest BCUT2D eigenvalue weighted by Crippen LogP contribution is -2.51. The summed E-state index contributed by atoms with van der Waals surface area (Å²) in [6, 6.07) is 10.2. The number of thiophene rings is 1. The number of hydrogen-bond donors (Lipinski definition) is 1. The Bertz CT molecular complexity index is 1370. The number of carbonyl (C=O) groups is 2. The number of benzene rings is 1. The van der Waals surface area contributed by atoms with Crippen LogP contribution in [-0.4, -0.2) is 53.6 Å². The van der Waals surface area contributed by atoms with Crippen molar-refractivity contribution in [1.29, 1.82) is 0 Å². The minimum Gasteiger partial charge on any atom is -0.497 e. The van der Waals surface area contributed by atoms with Gasteiger partial charge in [0.1, 0.15) is 5.75 Å². The molecule has 0 radical (unpaired) electrons. The number of amides is 2. The van der Waals surface area contributed by atoms with Crippen molar-refractivity contribution in [3.63, 3.8) is 0 Å². The molecule has 0 spiro atoms. The standard InChI is InChI=1S/C31H37N3O4S/c1-19(2)38-29-26(25-10-6-16-39-25)27-24-12-11-23(37-3)17-21(24)13-15-34(27)28(29)30(35)32-22-9-5-14-33(18-22)31(36)20-7-4-8-20/h6,10-12,16-17,19-20,22H,4-5,7-9,13-15,18H2,1-3H3,(H,32,35)/t22-/m1/s1. The SMILES string of the molecule is COc1ccc2c(c1)CCn1c(C(=O)N[C@@H]3CCCN(C(=O)C4CCC4)C3)c(OC(C)C)c(-c3cccs3)c1-2. The highest BCUT2D eigenvalue weighted by Gasteiger charge is 2.36. The molecule has 1 aromatic carbocycles. The molecule has 6 rings (SSSR count). The summed E-state index contributed by atoms with van der Waals surface area (Å²) < 4.78 is 14.1. The average Bonchev–Trinajstić information content (AvgIpc) is 3.53. The molecule has 3 aliphatic rings. The van der Waals surface area contributed by atoms with Crippen LogP contribution in [0.5, 0.6) is 11.5 Å². The number of piperidine rings is 1. The van der Waals surface area contributed by atoms with Gasteiger partial charge in [0.05, 0.1) is 24.5 Å². The highest BCUT2D eigenvalue weighted by atomic mass is 32.1. The van der Waals surface area contributed by atoms with Crippen LogP contribution >= 0.6 is 11.3 Å². The lowest BCUT2D eigenvalue weighted by atomic mass is 9.84. The number of methoxy groups -OCH3 is 1. The fourth-order valence-corrected chi connectivity index (χ4v) is 6.92. The maximum Gasteiger partial charge on any atom is 0.272 e. The predicted octanol–water partition coefficient (Wildman–Crippen LogP) is 5.76. The van der Waals surface area contributed by atoms with E-state index in [1.807, 2.05) is 30.9 Å². The van der Waals surface area contributed by atoms with Crippen LogP contribution in [0.15, 0.2) is 35.7 Å². The number of carbonyl (C=O) groups excluding carboxylic acids is 2. The first-order valence-corrected chi connectivity index (χ1v) is 15.1. The van der Waals surface area contributed by atoms with Gasteiger partial charge >= 0.3 is 0 Å². The molecule has 1 aliphatic carbocycles. The first-order valence-electron chi connectivity index (χ1n) is 14.2. The van der Waals surface area contributed by atoms with Crippen molar-refractivity contribution < 1.29 is 19.1 Å². The zero-order chi connectivity index (χ0) is 27.1. The zero-order valence-corrected chi connectivity index (χ0v) is 23.8. The number of fused-ring (bicyclic) bond motifs is 3. The molecule has 1 saturated heterocycles. The van der Waals surface area contributed by atoms with Gasteiger partial charge in [0.25, 0.3) is 5.91 Å². The molecule has 1 N–H and O–H groups in total. The summed E-state index contributed by atoms with van der Waals surface area (Å²) in [5.41, 5.74) is 4.88. The minimum absolute atomic E-state index is 0.0707. The molecule has 3 aromatic rings. The smallest absolute Gasteiger partial charge is 0.272 e. The Kier molecular flexibility index (Phi) is 7.14. The topological polar surface area (TPSA) is 72.8 Å². The van der Waals surface area contributed by atoms with Gasteiger partial charge in [-0.1, -0.05) is 12.5 Å². The van der Waals surface area contributed by atoms with Crippen molar-refractivity contribution in [1.82, 2.24) is 14.8 Å². The third kappa shape index (κ3) is 4.84. The Morgan fingerprint density at radius 3 is 2.64 bits per heavy atom. The lowest BCUT2D eigenvalue weighted by molar-refractivity contribution is -0.139. The number of nitrogens with one attached hydrogen (secondary N) is 1. The largest absolute Gasteiger partial charge is 0.497 e. The molecule has 2 amide bonds. The van der Waals surface area contributed by atoms with Crippen molar-refractivity contribution in [3.05, 3.63) is 47.0 Å². The van der Waals surface area contributed by atoms with Gasteiger partial charge in [-0.25, -0.2) is 0 Å². The zero-order valence-electron chi connectivity index (χ0n) is 23.0. The van der Waals surface area contributed by atoms with E-state index in [1.165, 1.54) is 5.56 Å². The predicted molar refractivity (Wildman–Crippen MR) is 154 cm³/mol. The summed E-state index contributed by atoms with van der Waals surface area (Å²) in [7, 11) is 1.69. The average molecular weight is 548 g/mol. The minimum atomic E-state index is -0.130. The second kappa shape index (κ2) is 10.7. The Balaban J connectivity index is 1.39. The second-order valence-corrected chi connectivity index (χ2v) is 12.1. The van der Waals surface area contributed by atoms with Crippen LogP contribution in [-0.2, 0) is 17.8 Å². The van der Waals surface area contributed by atoms with Crippen LogP contribution < -0.4 is 14.8 Å². The van der Waals surface area contributed by atoms with Gasteiger partial charge in [-0.15, -0.1) is 11.3 Å². The van der Waals surface area contributed by atoms with Crippen LogP contribution in [0.3, 0.4) is 0 Å². The van der Waals surface area contributed by atoms with Crippen molar-refractivity contribution >= 4 is 23.2 Å². The first-order chi connectivity index (χ1) is 18.9. The maximum absolute atomic E-state index is 14.1. The number of ether oxygens (including phenoxy) is 2. The van der Waals surface area contributed by atoms with Gasteiger partial charge in [0.15, 0.2) is 11.4 Å². The Morgan fingerprint density at radius 1 is 1.10 bits per heavy atom. The second-order valence-electron chi connectivity index (χ2n) is 11.2. The van der Waals surface area contributed by atoms with Gasteiger partial charge < -0.3 is 24.3 Å². The highest BCUT2D eigenvalue weighted by Crippen LogP contribution is 2.49. The van der Waals surface area contributed by atoms with E-state index in [9.17, 15) is 9.59 Å². The lowest BCUT2D eigenvalue weighted by Gasteiger charge is -2.37. The van der Waals surface area contributed by atoms with Crippen molar-refractivity contribution in [2.45, 2.75) is 71.1 Å². The van der Waals surface area contributed by atoms with Crippen LogP contribution in [0, 0.1) is 5.92 Å². The number of rotatable bonds is 7. The Morgan fingerprint density at radius 2 is 1.95 bits per heavy atom. The summed E-state index contributed by atoms with van der Waals surface area (Å²) in [5.74, 6) is 1.78. The molecule has 0 unspecified atom stereocenters. The molecule has 1 atom stereocenters. The third-order valence-corrected chi connectivity index (χ3v) is 9.14. The summed E-state index contributed by atoms with van der Waals surface area (Å²) >= 11 is 1.65. The van der Waals surface area contributed by atoms with E-state index in [2.05, 4.69) is 33.5 Å². The first kappa shape index (κ1) is 26.0. The third-order valence-electron chi connectivity index (χ3n) is 8.25. The molecule has 4 heterocycles. The fourth-order valence-electron chi connectivity index (χ4n) is 6.15.